The minimum absolute atomic E-state index is 0.203. The van der Waals surface area contributed by atoms with Crippen molar-refractivity contribution in [2.24, 2.45) is 0 Å². The molecule has 0 fully saturated rings. The zero-order valence-corrected chi connectivity index (χ0v) is 16.4. The fourth-order valence-electron chi connectivity index (χ4n) is 3.26. The zero-order valence-electron chi connectivity index (χ0n) is 16.4. The zero-order chi connectivity index (χ0) is 20.1. The van der Waals surface area contributed by atoms with Crippen molar-refractivity contribution in [3.8, 4) is 11.5 Å². The average Bonchev–Trinajstić information content (AvgIpc) is 3.09. The van der Waals surface area contributed by atoms with E-state index in [-0.39, 0.29) is 6.61 Å². The molecule has 0 saturated carbocycles. The number of para-hydroxylation sites is 3. The van der Waals surface area contributed by atoms with E-state index in [2.05, 4.69) is 0 Å². The van der Waals surface area contributed by atoms with Crippen LogP contribution in [0.1, 0.15) is 11.4 Å². The number of rotatable bonds is 8. The molecule has 4 aromatic rings. The number of aliphatic hydroxyl groups excluding tert-OH is 1. The van der Waals surface area contributed by atoms with Gasteiger partial charge in [0.15, 0.2) is 0 Å². The summed E-state index contributed by atoms with van der Waals surface area (Å²) >= 11 is 0. The standard InChI is InChI=1S/C24H24N2O3/c1-18-8-7-11-21(14-18)28-16-19(27)15-26-23-13-6-5-12-22(23)25-24(26)17-29-20-9-3-2-4-10-20/h2-14,19,27H,15-17H2,1H3/t19-/m1/s1. The molecule has 1 N–H and O–H groups in total. The summed E-state index contributed by atoms with van der Waals surface area (Å²) < 4.78 is 13.7. The molecule has 29 heavy (non-hydrogen) atoms. The van der Waals surface area contributed by atoms with Crippen LogP contribution in [0, 0.1) is 6.92 Å². The van der Waals surface area contributed by atoms with E-state index in [1.807, 2.05) is 90.4 Å². The van der Waals surface area contributed by atoms with Crippen molar-refractivity contribution in [3.63, 3.8) is 0 Å². The summed E-state index contributed by atoms with van der Waals surface area (Å²) in [7, 11) is 0. The normalized spacial score (nSPS) is 12.1. The number of imidazole rings is 1. The summed E-state index contributed by atoms with van der Waals surface area (Å²) in [6, 6.07) is 25.4. The van der Waals surface area contributed by atoms with E-state index < -0.39 is 6.10 Å². The van der Waals surface area contributed by atoms with Crippen LogP contribution in [0.5, 0.6) is 11.5 Å². The number of fused-ring (bicyclic) bond motifs is 1. The Morgan fingerprint density at radius 3 is 2.48 bits per heavy atom. The van der Waals surface area contributed by atoms with Gasteiger partial charge in [-0.25, -0.2) is 4.98 Å². The van der Waals surface area contributed by atoms with Gasteiger partial charge in [-0.3, -0.25) is 0 Å². The summed E-state index contributed by atoms with van der Waals surface area (Å²) in [5.74, 6) is 2.31. The van der Waals surface area contributed by atoms with Crippen molar-refractivity contribution < 1.29 is 14.6 Å². The molecule has 0 aliphatic heterocycles. The number of hydrogen-bond acceptors (Lipinski definition) is 4. The predicted molar refractivity (Wildman–Crippen MR) is 113 cm³/mol. The summed E-state index contributed by atoms with van der Waals surface area (Å²) in [5.41, 5.74) is 2.97. The quantitative estimate of drug-likeness (QED) is 0.487. The maximum absolute atomic E-state index is 10.6. The Bertz CT molecular complexity index is 1080. The Morgan fingerprint density at radius 2 is 1.66 bits per heavy atom. The van der Waals surface area contributed by atoms with Gasteiger partial charge in [-0.2, -0.15) is 0 Å². The lowest BCUT2D eigenvalue weighted by Crippen LogP contribution is -2.25. The van der Waals surface area contributed by atoms with Gasteiger partial charge in [0.25, 0.3) is 0 Å². The van der Waals surface area contributed by atoms with Crippen LogP contribution in [0.25, 0.3) is 11.0 Å². The number of ether oxygens (including phenoxy) is 2. The Kier molecular flexibility index (Phi) is 5.77. The van der Waals surface area contributed by atoms with Crippen molar-refractivity contribution in [1.29, 1.82) is 0 Å². The highest BCUT2D eigenvalue weighted by atomic mass is 16.5. The van der Waals surface area contributed by atoms with Crippen molar-refractivity contribution in [2.45, 2.75) is 26.2 Å². The summed E-state index contributed by atoms with van der Waals surface area (Å²) in [4.78, 5) is 4.70. The minimum Gasteiger partial charge on any atom is -0.491 e. The molecule has 1 aromatic heterocycles. The van der Waals surface area contributed by atoms with E-state index in [4.69, 9.17) is 14.5 Å². The molecule has 0 amide bonds. The van der Waals surface area contributed by atoms with Gasteiger partial charge in [0.1, 0.15) is 36.6 Å². The second-order valence-electron chi connectivity index (χ2n) is 7.01. The SMILES string of the molecule is Cc1cccc(OC[C@H](O)Cn2c(COc3ccccc3)nc3ccccc32)c1. The van der Waals surface area contributed by atoms with E-state index in [0.717, 1.165) is 33.9 Å². The molecule has 1 heterocycles. The fraction of sp³-hybridized carbons (Fsp3) is 0.208. The third-order valence-electron chi connectivity index (χ3n) is 4.67. The first-order chi connectivity index (χ1) is 14.2. The molecule has 0 bridgehead atoms. The smallest absolute Gasteiger partial charge is 0.148 e. The first kappa shape index (κ1) is 19.0. The van der Waals surface area contributed by atoms with Gasteiger partial charge >= 0.3 is 0 Å². The Morgan fingerprint density at radius 1 is 0.897 bits per heavy atom. The molecule has 4 rings (SSSR count). The monoisotopic (exact) mass is 388 g/mol. The molecule has 5 heteroatoms. The van der Waals surface area contributed by atoms with Gasteiger partial charge in [-0.15, -0.1) is 0 Å². The second-order valence-corrected chi connectivity index (χ2v) is 7.01. The Labute approximate surface area is 170 Å². The lowest BCUT2D eigenvalue weighted by molar-refractivity contribution is 0.0917. The molecule has 5 nitrogen and oxygen atoms in total. The van der Waals surface area contributed by atoms with Crippen LogP contribution in [0.4, 0.5) is 0 Å². The summed E-state index contributed by atoms with van der Waals surface area (Å²) in [5, 5.41) is 10.6. The number of aryl methyl sites for hydroxylation is 1. The highest BCUT2D eigenvalue weighted by Crippen LogP contribution is 2.19. The molecule has 0 saturated heterocycles. The number of aliphatic hydroxyl groups is 1. The lowest BCUT2D eigenvalue weighted by Gasteiger charge is -2.16. The molecule has 1 atom stereocenters. The molecule has 0 unspecified atom stereocenters. The van der Waals surface area contributed by atoms with Gasteiger partial charge in [0.05, 0.1) is 17.6 Å². The van der Waals surface area contributed by atoms with E-state index in [1.165, 1.54) is 0 Å². The maximum atomic E-state index is 10.6. The van der Waals surface area contributed by atoms with Crippen molar-refractivity contribution >= 4 is 11.0 Å². The molecular weight excluding hydrogens is 364 g/mol. The summed E-state index contributed by atoms with van der Waals surface area (Å²) in [6.45, 7) is 2.92. The largest absolute Gasteiger partial charge is 0.491 e. The lowest BCUT2D eigenvalue weighted by atomic mass is 10.2. The Balaban J connectivity index is 1.49. The van der Waals surface area contributed by atoms with E-state index in [9.17, 15) is 5.11 Å². The summed E-state index contributed by atoms with van der Waals surface area (Å²) in [6.07, 6.45) is -0.677. The number of hydrogen-bond donors (Lipinski definition) is 1. The van der Waals surface area contributed by atoms with Crippen molar-refractivity contribution in [1.82, 2.24) is 9.55 Å². The molecule has 0 aliphatic rings. The van der Waals surface area contributed by atoms with Crippen LogP contribution >= 0.6 is 0 Å². The molecular formula is C24H24N2O3. The van der Waals surface area contributed by atoms with Gasteiger partial charge in [-0.05, 0) is 48.9 Å². The number of benzene rings is 3. The first-order valence-electron chi connectivity index (χ1n) is 9.68. The fourth-order valence-corrected chi connectivity index (χ4v) is 3.26. The second kappa shape index (κ2) is 8.80. The van der Waals surface area contributed by atoms with Crippen molar-refractivity contribution in [3.05, 3.63) is 90.3 Å². The van der Waals surface area contributed by atoms with Crippen LogP contribution in [0.3, 0.4) is 0 Å². The van der Waals surface area contributed by atoms with Crippen LogP contribution < -0.4 is 9.47 Å². The van der Waals surface area contributed by atoms with Gasteiger partial charge in [0.2, 0.25) is 0 Å². The topological polar surface area (TPSA) is 56.5 Å². The van der Waals surface area contributed by atoms with E-state index in [0.29, 0.717) is 13.2 Å². The van der Waals surface area contributed by atoms with E-state index in [1.54, 1.807) is 0 Å². The number of nitrogens with zero attached hydrogens (tertiary/aromatic N) is 2. The molecule has 0 radical (unpaired) electrons. The number of aromatic nitrogens is 2. The van der Waals surface area contributed by atoms with E-state index >= 15 is 0 Å². The highest BCUT2D eigenvalue weighted by molar-refractivity contribution is 5.75. The van der Waals surface area contributed by atoms with Crippen LogP contribution in [0.2, 0.25) is 0 Å². The van der Waals surface area contributed by atoms with Gasteiger partial charge < -0.3 is 19.1 Å². The minimum atomic E-state index is -0.677. The molecule has 0 spiro atoms. The third kappa shape index (κ3) is 4.76. The highest BCUT2D eigenvalue weighted by Gasteiger charge is 2.15. The van der Waals surface area contributed by atoms with Gasteiger partial charge in [0, 0.05) is 0 Å². The average molecular weight is 388 g/mol. The van der Waals surface area contributed by atoms with Crippen LogP contribution in [0.15, 0.2) is 78.9 Å². The molecule has 148 valence electrons. The van der Waals surface area contributed by atoms with Crippen LogP contribution in [-0.4, -0.2) is 27.4 Å². The Hall–Kier alpha value is -3.31. The molecule has 0 aliphatic carbocycles. The third-order valence-corrected chi connectivity index (χ3v) is 4.67. The predicted octanol–water partition coefficient (Wildman–Crippen LogP) is 4.36. The maximum Gasteiger partial charge on any atom is 0.148 e. The first-order valence-corrected chi connectivity index (χ1v) is 9.68. The van der Waals surface area contributed by atoms with Crippen LogP contribution in [-0.2, 0) is 13.2 Å². The van der Waals surface area contributed by atoms with Gasteiger partial charge in [-0.1, -0.05) is 42.5 Å². The van der Waals surface area contributed by atoms with Crippen molar-refractivity contribution in [2.75, 3.05) is 6.61 Å². The molecule has 3 aromatic carbocycles.